The average molecular weight is 321 g/mol. The van der Waals surface area contributed by atoms with E-state index < -0.39 is 0 Å². The van der Waals surface area contributed by atoms with Gasteiger partial charge in [0.25, 0.3) is 0 Å². The van der Waals surface area contributed by atoms with Gasteiger partial charge in [0.15, 0.2) is 0 Å². The average Bonchev–Trinajstić information content (AvgIpc) is 2.44. The molecule has 0 aliphatic carbocycles. The van der Waals surface area contributed by atoms with Crippen LogP contribution in [-0.4, -0.2) is 6.03 Å². The van der Waals surface area contributed by atoms with Crippen molar-refractivity contribution in [2.45, 2.75) is 6.92 Å². The van der Waals surface area contributed by atoms with Gasteiger partial charge in [-0.25, -0.2) is 4.79 Å². The number of urea groups is 1. The number of nitrogens with one attached hydrogen (secondary N) is 2. The molecule has 0 fully saturated rings. The van der Waals surface area contributed by atoms with Crippen LogP contribution in [0.15, 0.2) is 48.7 Å². The van der Waals surface area contributed by atoms with Crippen LogP contribution < -0.4 is 10.6 Å². The molecule has 0 atom stereocenters. The van der Waals surface area contributed by atoms with Gasteiger partial charge < -0.3 is 10.6 Å². The number of rotatable bonds is 3. The van der Waals surface area contributed by atoms with Crippen molar-refractivity contribution in [3.8, 4) is 0 Å². The number of benzene rings is 2. The third-order valence-corrected chi connectivity index (χ3v) is 3.28. The van der Waals surface area contributed by atoms with Crippen molar-refractivity contribution in [2.24, 2.45) is 0 Å². The van der Waals surface area contributed by atoms with E-state index >= 15 is 0 Å². The molecular weight excluding hydrogens is 307 g/mol. The maximum atomic E-state index is 11.8. The van der Waals surface area contributed by atoms with Gasteiger partial charge in [0, 0.05) is 21.9 Å². The molecule has 5 heteroatoms. The van der Waals surface area contributed by atoms with E-state index in [4.69, 9.17) is 23.2 Å². The van der Waals surface area contributed by atoms with E-state index in [1.165, 1.54) is 0 Å². The second-order valence-electron chi connectivity index (χ2n) is 4.44. The van der Waals surface area contributed by atoms with E-state index in [2.05, 4.69) is 10.6 Å². The van der Waals surface area contributed by atoms with E-state index in [1.807, 2.05) is 19.1 Å². The molecule has 108 valence electrons. The molecule has 2 aromatic carbocycles. The lowest BCUT2D eigenvalue weighted by molar-refractivity contribution is 0.255. The second kappa shape index (κ2) is 7.16. The van der Waals surface area contributed by atoms with Gasteiger partial charge in [-0.1, -0.05) is 35.3 Å². The first kappa shape index (κ1) is 15.4. The van der Waals surface area contributed by atoms with Crippen molar-refractivity contribution < 1.29 is 4.79 Å². The van der Waals surface area contributed by atoms with Crippen LogP contribution in [0.1, 0.15) is 11.1 Å². The van der Waals surface area contributed by atoms with Crippen molar-refractivity contribution in [1.29, 1.82) is 0 Å². The quantitative estimate of drug-likeness (QED) is 0.812. The number of amides is 2. The van der Waals surface area contributed by atoms with Crippen LogP contribution >= 0.6 is 23.2 Å². The number of anilines is 1. The molecule has 0 radical (unpaired) electrons. The lowest BCUT2D eigenvalue weighted by atomic mass is 10.2. The van der Waals surface area contributed by atoms with E-state index in [-0.39, 0.29) is 6.03 Å². The monoisotopic (exact) mass is 320 g/mol. The third-order valence-electron chi connectivity index (χ3n) is 2.80. The summed E-state index contributed by atoms with van der Waals surface area (Å²) in [5, 5.41) is 6.71. The highest BCUT2D eigenvalue weighted by Crippen LogP contribution is 2.19. The van der Waals surface area contributed by atoms with Gasteiger partial charge in [-0.05, 0) is 54.5 Å². The summed E-state index contributed by atoms with van der Waals surface area (Å²) in [6.07, 6.45) is 3.36. The third kappa shape index (κ3) is 4.81. The van der Waals surface area contributed by atoms with E-state index in [9.17, 15) is 4.79 Å². The zero-order chi connectivity index (χ0) is 15.2. The molecule has 0 aliphatic rings. The van der Waals surface area contributed by atoms with Gasteiger partial charge >= 0.3 is 6.03 Å². The summed E-state index contributed by atoms with van der Waals surface area (Å²) < 4.78 is 0. The van der Waals surface area contributed by atoms with Crippen molar-refractivity contribution in [1.82, 2.24) is 5.32 Å². The summed E-state index contributed by atoms with van der Waals surface area (Å²) in [4.78, 5) is 11.8. The molecule has 0 unspecified atom stereocenters. The van der Waals surface area contributed by atoms with E-state index in [0.717, 1.165) is 16.8 Å². The van der Waals surface area contributed by atoms with Gasteiger partial charge in [-0.15, -0.1) is 0 Å². The zero-order valence-corrected chi connectivity index (χ0v) is 12.9. The summed E-state index contributed by atoms with van der Waals surface area (Å²) in [5.41, 5.74) is 2.57. The second-order valence-corrected chi connectivity index (χ2v) is 5.32. The molecule has 2 N–H and O–H groups in total. The summed E-state index contributed by atoms with van der Waals surface area (Å²) in [6, 6.07) is 12.3. The summed E-state index contributed by atoms with van der Waals surface area (Å²) in [6.45, 7) is 1.88. The molecule has 0 heterocycles. The Labute approximate surface area is 133 Å². The smallest absolute Gasteiger partial charge is 0.314 e. The minimum absolute atomic E-state index is 0.314. The lowest BCUT2D eigenvalue weighted by Crippen LogP contribution is -2.24. The Bertz CT molecular complexity index is 666. The predicted octanol–water partition coefficient (Wildman–Crippen LogP) is 5.09. The Morgan fingerprint density at radius 3 is 2.38 bits per heavy atom. The number of hydrogen-bond acceptors (Lipinski definition) is 1. The highest BCUT2D eigenvalue weighted by atomic mass is 35.5. The van der Waals surface area contributed by atoms with Crippen LogP contribution in [0.25, 0.3) is 6.08 Å². The van der Waals surface area contributed by atoms with E-state index in [0.29, 0.717) is 10.0 Å². The fourth-order valence-corrected chi connectivity index (χ4v) is 2.07. The molecule has 0 bridgehead atoms. The Morgan fingerprint density at radius 2 is 1.71 bits per heavy atom. The van der Waals surface area contributed by atoms with Crippen molar-refractivity contribution in [3.05, 3.63) is 69.8 Å². The van der Waals surface area contributed by atoms with Gasteiger partial charge in [0.1, 0.15) is 0 Å². The minimum Gasteiger partial charge on any atom is -0.314 e. The molecule has 3 nitrogen and oxygen atoms in total. The first-order valence-electron chi connectivity index (χ1n) is 6.30. The molecule has 0 aromatic heterocycles. The van der Waals surface area contributed by atoms with Crippen LogP contribution in [0.5, 0.6) is 0 Å². The van der Waals surface area contributed by atoms with Gasteiger partial charge in [0.05, 0.1) is 0 Å². The highest BCUT2D eigenvalue weighted by molar-refractivity contribution is 6.31. The number of hydrogen-bond donors (Lipinski definition) is 2. The number of aryl methyl sites for hydroxylation is 1. The molecule has 0 saturated heterocycles. The summed E-state index contributed by atoms with van der Waals surface area (Å²) >= 11 is 11.7. The van der Waals surface area contributed by atoms with Crippen LogP contribution in [0.3, 0.4) is 0 Å². The minimum atomic E-state index is -0.314. The molecule has 2 aromatic rings. The topological polar surface area (TPSA) is 41.1 Å². The Hall–Kier alpha value is -1.97. The standard InChI is InChI=1S/C16H14Cl2N2O/c1-11-10-14(18)6-7-15(11)20-16(21)19-9-8-12-2-4-13(17)5-3-12/h2-10H,1H3,(H2,19,20,21)/b9-8+. The Kier molecular flexibility index (Phi) is 5.26. The normalized spacial score (nSPS) is 10.6. The molecule has 2 rings (SSSR count). The summed E-state index contributed by atoms with van der Waals surface area (Å²) in [5.74, 6) is 0. The molecule has 21 heavy (non-hydrogen) atoms. The van der Waals surface area contributed by atoms with E-state index in [1.54, 1.807) is 42.6 Å². The Balaban J connectivity index is 1.91. The highest BCUT2D eigenvalue weighted by Gasteiger charge is 2.02. The fourth-order valence-electron chi connectivity index (χ4n) is 1.71. The first-order chi connectivity index (χ1) is 10.0. The van der Waals surface area contributed by atoms with Crippen LogP contribution in [-0.2, 0) is 0 Å². The SMILES string of the molecule is Cc1cc(Cl)ccc1NC(=O)N/C=C/c1ccc(Cl)cc1. The Morgan fingerprint density at radius 1 is 1.05 bits per heavy atom. The van der Waals surface area contributed by atoms with Crippen LogP contribution in [0, 0.1) is 6.92 Å². The van der Waals surface area contributed by atoms with Crippen molar-refractivity contribution >= 4 is 41.0 Å². The summed E-state index contributed by atoms with van der Waals surface area (Å²) in [7, 11) is 0. The number of carbonyl (C=O) groups excluding carboxylic acids is 1. The maximum Gasteiger partial charge on any atom is 0.323 e. The van der Waals surface area contributed by atoms with Gasteiger partial charge in [-0.3, -0.25) is 0 Å². The molecule has 0 spiro atoms. The molecular formula is C16H14Cl2N2O. The predicted molar refractivity (Wildman–Crippen MR) is 88.8 cm³/mol. The fraction of sp³-hybridized carbons (Fsp3) is 0.0625. The van der Waals surface area contributed by atoms with Crippen molar-refractivity contribution in [2.75, 3.05) is 5.32 Å². The first-order valence-corrected chi connectivity index (χ1v) is 7.06. The largest absolute Gasteiger partial charge is 0.323 e. The molecule has 2 amide bonds. The van der Waals surface area contributed by atoms with Gasteiger partial charge in [0.2, 0.25) is 0 Å². The molecule has 0 aliphatic heterocycles. The van der Waals surface area contributed by atoms with Crippen LogP contribution in [0.2, 0.25) is 10.0 Å². The lowest BCUT2D eigenvalue weighted by Gasteiger charge is -2.08. The molecule has 0 saturated carbocycles. The number of carbonyl (C=O) groups is 1. The number of halogens is 2. The van der Waals surface area contributed by atoms with Crippen molar-refractivity contribution in [3.63, 3.8) is 0 Å². The zero-order valence-electron chi connectivity index (χ0n) is 11.4. The van der Waals surface area contributed by atoms with Gasteiger partial charge in [-0.2, -0.15) is 0 Å². The maximum absolute atomic E-state index is 11.8. The van der Waals surface area contributed by atoms with Crippen LogP contribution in [0.4, 0.5) is 10.5 Å².